The van der Waals surface area contributed by atoms with Gasteiger partial charge in [0.25, 0.3) is 5.91 Å². The Morgan fingerprint density at radius 3 is 2.76 bits per heavy atom. The minimum atomic E-state index is -0.892. The van der Waals surface area contributed by atoms with Gasteiger partial charge in [0, 0.05) is 10.2 Å². The summed E-state index contributed by atoms with van der Waals surface area (Å²) in [6.07, 6.45) is -0.892. The van der Waals surface area contributed by atoms with Gasteiger partial charge >= 0.3 is 5.97 Å². The fraction of sp³-hybridized carbons (Fsp3) is 0.222. The molecule has 1 aliphatic rings. The molecule has 1 atom stereocenters. The first kappa shape index (κ1) is 17.3. The molecule has 0 unspecified atom stereocenters. The number of aryl methyl sites for hydroxylation is 1. The monoisotopic (exact) mass is 405 g/mol. The maximum Gasteiger partial charge on any atom is 0.351 e. The van der Waals surface area contributed by atoms with Gasteiger partial charge in [-0.25, -0.2) is 4.79 Å². The molecule has 3 rings (SSSR count). The van der Waals surface area contributed by atoms with Crippen LogP contribution >= 0.6 is 15.9 Å². The summed E-state index contributed by atoms with van der Waals surface area (Å²) < 4.78 is 16.9. The molecular formula is C18H16BrNO5. The fourth-order valence-electron chi connectivity index (χ4n) is 2.32. The van der Waals surface area contributed by atoms with E-state index in [-0.39, 0.29) is 6.61 Å². The van der Waals surface area contributed by atoms with Gasteiger partial charge in [-0.2, -0.15) is 0 Å². The molecule has 7 heteroatoms. The third-order valence-corrected chi connectivity index (χ3v) is 4.07. The molecule has 25 heavy (non-hydrogen) atoms. The lowest BCUT2D eigenvalue weighted by Gasteiger charge is -2.24. The number of nitrogens with one attached hydrogen (secondary N) is 1. The predicted octanol–water partition coefficient (Wildman–Crippen LogP) is 3.08. The van der Waals surface area contributed by atoms with Crippen molar-refractivity contribution in [2.45, 2.75) is 13.0 Å². The van der Waals surface area contributed by atoms with Gasteiger partial charge < -0.3 is 19.5 Å². The van der Waals surface area contributed by atoms with Crippen molar-refractivity contribution in [1.29, 1.82) is 0 Å². The number of rotatable bonds is 4. The number of esters is 1. The largest absolute Gasteiger partial charge is 0.485 e. The van der Waals surface area contributed by atoms with Crippen LogP contribution in [0.15, 0.2) is 46.9 Å². The molecular weight excluding hydrogens is 390 g/mol. The second-order valence-corrected chi connectivity index (χ2v) is 6.40. The average molecular weight is 406 g/mol. The summed E-state index contributed by atoms with van der Waals surface area (Å²) in [5, 5.41) is 2.70. The highest BCUT2D eigenvalue weighted by Gasteiger charge is 2.29. The van der Waals surface area contributed by atoms with E-state index in [1.165, 1.54) is 0 Å². The van der Waals surface area contributed by atoms with E-state index < -0.39 is 24.6 Å². The zero-order valence-corrected chi connectivity index (χ0v) is 15.0. The van der Waals surface area contributed by atoms with E-state index in [9.17, 15) is 9.59 Å². The second kappa shape index (κ2) is 7.57. The quantitative estimate of drug-likeness (QED) is 0.791. The van der Waals surface area contributed by atoms with Gasteiger partial charge in [-0.15, -0.1) is 0 Å². The maximum atomic E-state index is 12.1. The number of carbonyl (C=O) groups is 2. The highest BCUT2D eigenvalue weighted by molar-refractivity contribution is 9.10. The standard InChI is InChI=1S/C18H16BrNO5/c1-11-8-12(19)6-7-13(11)20-17(21)10-24-18(22)16-9-23-14-4-2-3-5-15(14)25-16/h2-8,16H,9-10H2,1H3,(H,20,21)/t16-/m0/s1. The summed E-state index contributed by atoms with van der Waals surface area (Å²) >= 11 is 3.36. The van der Waals surface area contributed by atoms with Gasteiger partial charge in [0.1, 0.15) is 6.61 Å². The molecule has 1 heterocycles. The molecule has 1 N–H and O–H groups in total. The number of ether oxygens (including phenoxy) is 3. The number of hydrogen-bond donors (Lipinski definition) is 1. The van der Waals surface area contributed by atoms with E-state index in [2.05, 4.69) is 21.2 Å². The smallest absolute Gasteiger partial charge is 0.351 e. The molecule has 0 radical (unpaired) electrons. The third-order valence-electron chi connectivity index (χ3n) is 3.58. The van der Waals surface area contributed by atoms with Crippen molar-refractivity contribution < 1.29 is 23.8 Å². The third kappa shape index (κ3) is 4.30. The molecule has 0 aromatic heterocycles. The fourth-order valence-corrected chi connectivity index (χ4v) is 2.79. The number of benzene rings is 2. The minimum Gasteiger partial charge on any atom is -0.485 e. The van der Waals surface area contributed by atoms with Gasteiger partial charge in [-0.05, 0) is 42.8 Å². The normalized spacial score (nSPS) is 15.4. The Morgan fingerprint density at radius 2 is 2.00 bits per heavy atom. The molecule has 0 fully saturated rings. The number of amides is 1. The minimum absolute atomic E-state index is 0.0449. The first-order valence-corrected chi connectivity index (χ1v) is 8.43. The molecule has 0 bridgehead atoms. The molecule has 0 aliphatic carbocycles. The van der Waals surface area contributed by atoms with Crippen LogP contribution in [0.4, 0.5) is 5.69 Å². The lowest BCUT2D eigenvalue weighted by atomic mass is 10.2. The molecule has 130 valence electrons. The molecule has 0 saturated carbocycles. The van der Waals surface area contributed by atoms with Crippen LogP contribution in [0.5, 0.6) is 11.5 Å². The number of hydrogen-bond acceptors (Lipinski definition) is 5. The molecule has 2 aromatic rings. The number of anilines is 1. The molecule has 2 aromatic carbocycles. The Balaban J connectivity index is 1.51. The van der Waals surface area contributed by atoms with Crippen LogP contribution in [0.25, 0.3) is 0 Å². The van der Waals surface area contributed by atoms with Crippen LogP contribution in [0.2, 0.25) is 0 Å². The van der Waals surface area contributed by atoms with Crippen molar-refractivity contribution in [3.63, 3.8) is 0 Å². The first-order valence-electron chi connectivity index (χ1n) is 7.64. The number of halogens is 1. The second-order valence-electron chi connectivity index (χ2n) is 5.48. The van der Waals surface area contributed by atoms with Crippen molar-refractivity contribution in [2.24, 2.45) is 0 Å². The lowest BCUT2D eigenvalue weighted by molar-refractivity contribution is -0.156. The number of fused-ring (bicyclic) bond motifs is 1. The van der Waals surface area contributed by atoms with Crippen LogP contribution in [-0.2, 0) is 14.3 Å². The number of carbonyl (C=O) groups excluding carboxylic acids is 2. The molecule has 6 nitrogen and oxygen atoms in total. The van der Waals surface area contributed by atoms with Crippen molar-refractivity contribution >= 4 is 33.5 Å². The Morgan fingerprint density at radius 1 is 1.24 bits per heavy atom. The summed E-state index contributed by atoms with van der Waals surface area (Å²) in [6, 6.07) is 12.5. The van der Waals surface area contributed by atoms with E-state index in [4.69, 9.17) is 14.2 Å². The van der Waals surface area contributed by atoms with Gasteiger partial charge in [-0.1, -0.05) is 28.1 Å². The zero-order valence-electron chi connectivity index (χ0n) is 13.5. The van der Waals surface area contributed by atoms with Crippen LogP contribution in [0.1, 0.15) is 5.56 Å². The maximum absolute atomic E-state index is 12.1. The first-order chi connectivity index (χ1) is 12.0. The molecule has 1 amide bonds. The SMILES string of the molecule is Cc1cc(Br)ccc1NC(=O)COC(=O)[C@@H]1COc2ccccc2O1. The molecule has 1 aliphatic heterocycles. The van der Waals surface area contributed by atoms with Crippen LogP contribution < -0.4 is 14.8 Å². The van der Waals surface area contributed by atoms with Crippen molar-refractivity contribution in [2.75, 3.05) is 18.5 Å². The summed E-state index contributed by atoms with van der Waals surface area (Å²) in [5.41, 5.74) is 1.56. The van der Waals surface area contributed by atoms with Gasteiger partial charge in [0.15, 0.2) is 18.1 Å². The van der Waals surface area contributed by atoms with Crippen LogP contribution in [-0.4, -0.2) is 31.2 Å². The zero-order chi connectivity index (χ0) is 17.8. The van der Waals surface area contributed by atoms with Gasteiger partial charge in [0.05, 0.1) is 0 Å². The topological polar surface area (TPSA) is 73.9 Å². The molecule has 0 spiro atoms. The van der Waals surface area contributed by atoms with E-state index in [1.54, 1.807) is 24.3 Å². The Kier molecular flexibility index (Phi) is 5.23. The average Bonchev–Trinajstić information content (AvgIpc) is 2.61. The Labute approximate surface area is 153 Å². The predicted molar refractivity (Wildman–Crippen MR) is 94.8 cm³/mol. The van der Waals surface area contributed by atoms with Gasteiger partial charge in [0.2, 0.25) is 6.10 Å². The van der Waals surface area contributed by atoms with E-state index in [0.717, 1.165) is 10.0 Å². The van der Waals surface area contributed by atoms with Crippen molar-refractivity contribution in [3.8, 4) is 11.5 Å². The summed E-state index contributed by atoms with van der Waals surface area (Å²) in [4.78, 5) is 24.0. The van der Waals surface area contributed by atoms with Crippen LogP contribution in [0.3, 0.4) is 0 Å². The summed E-state index contributed by atoms with van der Waals surface area (Å²) in [6.45, 7) is 1.52. The van der Waals surface area contributed by atoms with Crippen molar-refractivity contribution in [1.82, 2.24) is 0 Å². The van der Waals surface area contributed by atoms with E-state index in [0.29, 0.717) is 17.2 Å². The Hall–Kier alpha value is -2.54. The lowest BCUT2D eigenvalue weighted by Crippen LogP contribution is -2.39. The van der Waals surface area contributed by atoms with E-state index in [1.807, 2.05) is 25.1 Å². The van der Waals surface area contributed by atoms with Crippen LogP contribution in [0, 0.1) is 6.92 Å². The Bertz CT molecular complexity index is 808. The summed E-state index contributed by atoms with van der Waals surface area (Å²) in [7, 11) is 0. The van der Waals surface area contributed by atoms with Gasteiger partial charge in [-0.3, -0.25) is 4.79 Å². The summed E-state index contributed by atoms with van der Waals surface area (Å²) in [5.74, 6) is -0.00581. The molecule has 0 saturated heterocycles. The van der Waals surface area contributed by atoms with E-state index >= 15 is 0 Å². The highest BCUT2D eigenvalue weighted by Crippen LogP contribution is 2.31. The number of para-hydroxylation sites is 2. The highest BCUT2D eigenvalue weighted by atomic mass is 79.9. The van der Waals surface area contributed by atoms with Crippen molar-refractivity contribution in [3.05, 3.63) is 52.5 Å².